The third-order valence-electron chi connectivity index (χ3n) is 5.22. The molecule has 1 atom stereocenters. The lowest BCUT2D eigenvalue weighted by Gasteiger charge is -2.34. The monoisotopic (exact) mass is 363 g/mol. The number of likely N-dealkylation sites (N-methyl/N-ethyl adjacent to an activating group) is 1. The van der Waals surface area contributed by atoms with Crippen LogP contribution in [0.4, 0.5) is 0 Å². The highest BCUT2D eigenvalue weighted by Crippen LogP contribution is 2.30. The number of hydrogen-bond donors (Lipinski definition) is 1. The molecule has 1 N–H and O–H groups in total. The zero-order chi connectivity index (χ0) is 18.6. The summed E-state index contributed by atoms with van der Waals surface area (Å²) in [6.45, 7) is 2.12. The smallest absolute Gasteiger partial charge is 0.143 e. The molecular weight excluding hydrogens is 338 g/mol. The number of hydrogen-bond acceptors (Lipinski definition) is 4. The van der Waals surface area contributed by atoms with Crippen molar-refractivity contribution in [1.82, 2.24) is 14.5 Å². The summed E-state index contributed by atoms with van der Waals surface area (Å²) in [5.74, 6) is 1.65. The topological polar surface area (TPSA) is 50.5 Å². The summed E-state index contributed by atoms with van der Waals surface area (Å²) in [6.07, 6.45) is 4.91. The van der Waals surface area contributed by atoms with E-state index in [9.17, 15) is 0 Å². The Morgan fingerprint density at radius 2 is 1.89 bits per heavy atom. The van der Waals surface area contributed by atoms with Crippen LogP contribution < -0.4 is 4.74 Å². The Hall–Kier alpha value is -2.63. The van der Waals surface area contributed by atoms with Gasteiger partial charge in [0, 0.05) is 31.5 Å². The van der Waals surface area contributed by atoms with Crippen LogP contribution in [-0.4, -0.2) is 45.9 Å². The molecule has 1 aliphatic heterocycles. The van der Waals surface area contributed by atoms with Gasteiger partial charge in [0.2, 0.25) is 0 Å². The first-order valence-corrected chi connectivity index (χ1v) is 9.37. The molecule has 0 spiro atoms. The molecule has 5 nitrogen and oxygen atoms in total. The van der Waals surface area contributed by atoms with E-state index < -0.39 is 0 Å². The molecule has 27 heavy (non-hydrogen) atoms. The van der Waals surface area contributed by atoms with Gasteiger partial charge in [0.1, 0.15) is 18.2 Å². The average molecular weight is 363 g/mol. The van der Waals surface area contributed by atoms with Crippen molar-refractivity contribution < 1.29 is 9.84 Å². The zero-order valence-corrected chi connectivity index (χ0v) is 15.6. The van der Waals surface area contributed by atoms with Crippen LogP contribution in [0.5, 0.6) is 5.75 Å². The van der Waals surface area contributed by atoms with Gasteiger partial charge in [-0.1, -0.05) is 36.4 Å². The third-order valence-corrected chi connectivity index (χ3v) is 5.22. The minimum atomic E-state index is -0.00491. The van der Waals surface area contributed by atoms with Crippen molar-refractivity contribution in [1.29, 1.82) is 0 Å². The second kappa shape index (κ2) is 7.94. The lowest BCUT2D eigenvalue weighted by Crippen LogP contribution is -2.40. The number of nitrogens with zero attached hydrogens (tertiary/aromatic N) is 3. The third kappa shape index (κ3) is 3.75. The molecule has 1 aliphatic rings. The fourth-order valence-electron chi connectivity index (χ4n) is 3.78. The van der Waals surface area contributed by atoms with Crippen LogP contribution in [0, 0.1) is 0 Å². The van der Waals surface area contributed by atoms with Crippen LogP contribution in [0.15, 0.2) is 60.9 Å². The molecule has 140 valence electrons. The molecule has 0 saturated carbocycles. The summed E-state index contributed by atoms with van der Waals surface area (Å²) >= 11 is 0. The van der Waals surface area contributed by atoms with Gasteiger partial charge >= 0.3 is 0 Å². The molecule has 1 unspecified atom stereocenters. The summed E-state index contributed by atoms with van der Waals surface area (Å²) < 4.78 is 7.91. The number of aliphatic hydroxyl groups excluding tert-OH is 1. The summed E-state index contributed by atoms with van der Waals surface area (Å²) in [5, 5.41) is 9.08. The van der Waals surface area contributed by atoms with E-state index in [2.05, 4.69) is 45.8 Å². The first-order valence-electron chi connectivity index (χ1n) is 9.37. The molecule has 1 aromatic heterocycles. The molecule has 4 rings (SSSR count). The Labute approximate surface area is 159 Å². The van der Waals surface area contributed by atoms with Crippen LogP contribution in [0.25, 0.3) is 11.4 Å². The molecule has 5 heteroatoms. The van der Waals surface area contributed by atoms with Gasteiger partial charge in [-0.3, -0.25) is 4.90 Å². The Kier molecular flexibility index (Phi) is 5.23. The maximum absolute atomic E-state index is 9.08. The molecular formula is C22H25N3O2. The van der Waals surface area contributed by atoms with Gasteiger partial charge in [-0.25, -0.2) is 4.98 Å². The van der Waals surface area contributed by atoms with Gasteiger partial charge in [-0.2, -0.15) is 0 Å². The molecule has 2 heterocycles. The number of ether oxygens (including phenoxy) is 1. The van der Waals surface area contributed by atoms with Crippen LogP contribution in [0.2, 0.25) is 0 Å². The quantitative estimate of drug-likeness (QED) is 0.732. The van der Waals surface area contributed by atoms with E-state index >= 15 is 0 Å². The van der Waals surface area contributed by atoms with Gasteiger partial charge in [0.05, 0.1) is 12.2 Å². The van der Waals surface area contributed by atoms with Gasteiger partial charge < -0.3 is 14.4 Å². The Balaban J connectivity index is 1.59. The predicted octanol–water partition coefficient (Wildman–Crippen LogP) is 2.98. The first kappa shape index (κ1) is 17.8. The molecule has 0 amide bonds. The Bertz CT molecular complexity index is 906. The van der Waals surface area contributed by atoms with E-state index in [1.165, 1.54) is 11.1 Å². The number of benzene rings is 2. The number of para-hydroxylation sites is 1. The zero-order valence-electron chi connectivity index (χ0n) is 15.6. The minimum absolute atomic E-state index is 0.00491. The van der Waals surface area contributed by atoms with E-state index in [-0.39, 0.29) is 13.2 Å². The molecule has 0 saturated heterocycles. The van der Waals surface area contributed by atoms with E-state index in [0.29, 0.717) is 6.04 Å². The van der Waals surface area contributed by atoms with Crippen molar-refractivity contribution in [2.45, 2.75) is 25.6 Å². The van der Waals surface area contributed by atoms with E-state index in [4.69, 9.17) is 9.84 Å². The fourth-order valence-corrected chi connectivity index (χ4v) is 3.78. The summed E-state index contributed by atoms with van der Waals surface area (Å²) in [7, 11) is 2.19. The Morgan fingerprint density at radius 3 is 2.74 bits per heavy atom. The van der Waals surface area contributed by atoms with Crippen molar-refractivity contribution in [3.05, 3.63) is 72.1 Å². The molecule has 2 aromatic carbocycles. The number of fused-ring (bicyclic) bond motifs is 1. The van der Waals surface area contributed by atoms with Crippen molar-refractivity contribution in [2.24, 2.45) is 0 Å². The minimum Gasteiger partial charge on any atom is -0.490 e. The van der Waals surface area contributed by atoms with Crippen molar-refractivity contribution >= 4 is 0 Å². The number of rotatable bonds is 6. The van der Waals surface area contributed by atoms with Gasteiger partial charge in [-0.05, 0) is 36.7 Å². The van der Waals surface area contributed by atoms with E-state index in [1.54, 1.807) is 0 Å². The number of aliphatic hydroxyl groups is 1. The average Bonchev–Trinajstić information content (AvgIpc) is 3.15. The molecule has 0 bridgehead atoms. The highest BCUT2D eigenvalue weighted by molar-refractivity contribution is 5.64. The van der Waals surface area contributed by atoms with Crippen molar-refractivity contribution in [2.75, 3.05) is 20.3 Å². The maximum atomic E-state index is 9.08. The lowest BCUT2D eigenvalue weighted by molar-refractivity contribution is 0.194. The molecule has 0 radical (unpaired) electrons. The van der Waals surface area contributed by atoms with Gasteiger partial charge in [0.25, 0.3) is 0 Å². The summed E-state index contributed by atoms with van der Waals surface area (Å²) in [5.41, 5.74) is 3.81. The van der Waals surface area contributed by atoms with Crippen LogP contribution >= 0.6 is 0 Å². The van der Waals surface area contributed by atoms with Crippen molar-refractivity contribution in [3.8, 4) is 17.1 Å². The highest BCUT2D eigenvalue weighted by Gasteiger charge is 2.24. The molecule has 0 fully saturated rings. The SMILES string of the molecule is CN1Cc2ccccc2CC1Cn1ccnc1-c1ccccc1OCCO. The standard InChI is InChI=1S/C22H25N3O2/c1-24-15-18-7-3-2-6-17(18)14-19(24)16-25-11-10-23-22(25)20-8-4-5-9-21(20)27-13-12-26/h2-11,19,26H,12-16H2,1H3. The largest absolute Gasteiger partial charge is 0.490 e. The van der Waals surface area contributed by atoms with E-state index in [1.807, 2.05) is 36.7 Å². The second-order valence-corrected chi connectivity index (χ2v) is 7.01. The highest BCUT2D eigenvalue weighted by atomic mass is 16.5. The Morgan fingerprint density at radius 1 is 1.11 bits per heavy atom. The second-order valence-electron chi connectivity index (χ2n) is 7.01. The molecule has 0 aliphatic carbocycles. The fraction of sp³-hybridized carbons (Fsp3) is 0.318. The number of aromatic nitrogens is 2. The summed E-state index contributed by atoms with van der Waals surface area (Å²) in [4.78, 5) is 7.01. The van der Waals surface area contributed by atoms with Crippen LogP contribution in [0.3, 0.4) is 0 Å². The van der Waals surface area contributed by atoms with Gasteiger partial charge in [0.15, 0.2) is 0 Å². The van der Waals surface area contributed by atoms with Crippen molar-refractivity contribution in [3.63, 3.8) is 0 Å². The molecule has 3 aromatic rings. The van der Waals surface area contributed by atoms with Gasteiger partial charge in [-0.15, -0.1) is 0 Å². The summed E-state index contributed by atoms with van der Waals surface area (Å²) in [6, 6.07) is 17.0. The predicted molar refractivity (Wildman–Crippen MR) is 106 cm³/mol. The van der Waals surface area contributed by atoms with Crippen LogP contribution in [0.1, 0.15) is 11.1 Å². The first-order chi connectivity index (χ1) is 13.3. The maximum Gasteiger partial charge on any atom is 0.143 e. The lowest BCUT2D eigenvalue weighted by atomic mass is 9.94. The van der Waals surface area contributed by atoms with Crippen LogP contribution in [-0.2, 0) is 19.5 Å². The number of imidazole rings is 1. The normalized spacial score (nSPS) is 16.9. The van der Waals surface area contributed by atoms with E-state index in [0.717, 1.165) is 36.6 Å².